The maximum Gasteiger partial charge on any atom is 0.230 e. The number of methoxy groups -OCH3 is 1. The number of morpholine rings is 1. The summed E-state index contributed by atoms with van der Waals surface area (Å²) in [5.74, 6) is 1.86. The van der Waals surface area contributed by atoms with E-state index in [1.165, 1.54) is 0 Å². The highest BCUT2D eigenvalue weighted by Crippen LogP contribution is 2.41. The smallest absolute Gasteiger partial charge is 0.230 e. The van der Waals surface area contributed by atoms with Crippen LogP contribution in [0.15, 0.2) is 49.2 Å². The zero-order valence-corrected chi connectivity index (χ0v) is 25.6. The molecule has 5 heterocycles. The van der Waals surface area contributed by atoms with Gasteiger partial charge in [-0.05, 0) is 32.4 Å². The zero-order valence-electron chi connectivity index (χ0n) is 24.7. The molecule has 0 amide bonds. The average molecular weight is 601 g/mol. The molecule has 0 spiro atoms. The zero-order chi connectivity index (χ0) is 30.1. The number of pyridine rings is 1. The Kier molecular flexibility index (Phi) is 7.68. The summed E-state index contributed by atoms with van der Waals surface area (Å²) in [4.78, 5) is 25.4. The van der Waals surface area contributed by atoms with Crippen molar-refractivity contribution in [2.24, 2.45) is 7.05 Å². The SMILES string of the molecule is COc1cc(N2CCOCC2)c(-c2cnn(C)c2)nc1Nc1ncc(C)c(Nc2ccc3nccnc3c2P(C)(C)=O)n1. The molecule has 0 aliphatic carbocycles. The first-order valence-electron chi connectivity index (χ1n) is 13.8. The number of hydrogen-bond donors (Lipinski definition) is 2. The third kappa shape index (κ3) is 5.86. The monoisotopic (exact) mass is 600 g/mol. The fourth-order valence-corrected chi connectivity index (χ4v) is 6.45. The number of hydrogen-bond acceptors (Lipinski definition) is 12. The molecule has 0 unspecified atom stereocenters. The number of nitrogens with zero attached hydrogens (tertiary/aromatic N) is 8. The van der Waals surface area contributed by atoms with E-state index in [-0.39, 0.29) is 0 Å². The van der Waals surface area contributed by atoms with Crippen molar-refractivity contribution >= 4 is 52.4 Å². The van der Waals surface area contributed by atoms with Gasteiger partial charge in [0, 0.05) is 62.1 Å². The van der Waals surface area contributed by atoms with Crippen LogP contribution < -0.4 is 25.6 Å². The van der Waals surface area contributed by atoms with Gasteiger partial charge in [0.1, 0.15) is 18.5 Å². The van der Waals surface area contributed by atoms with Crippen LogP contribution in [0.3, 0.4) is 0 Å². The lowest BCUT2D eigenvalue weighted by molar-refractivity contribution is 0.122. The van der Waals surface area contributed by atoms with Crippen molar-refractivity contribution in [3.8, 4) is 17.0 Å². The number of benzene rings is 1. The summed E-state index contributed by atoms with van der Waals surface area (Å²) in [5, 5.41) is 11.6. The molecule has 1 fully saturated rings. The van der Waals surface area contributed by atoms with Gasteiger partial charge in [-0.3, -0.25) is 14.6 Å². The van der Waals surface area contributed by atoms with E-state index >= 15 is 0 Å². The van der Waals surface area contributed by atoms with Crippen molar-refractivity contribution in [2.75, 3.05) is 62.3 Å². The largest absolute Gasteiger partial charge is 0.493 e. The number of aryl methyl sites for hydroxylation is 2. The van der Waals surface area contributed by atoms with Gasteiger partial charge >= 0.3 is 0 Å². The van der Waals surface area contributed by atoms with E-state index in [0.29, 0.717) is 58.6 Å². The minimum Gasteiger partial charge on any atom is -0.493 e. The molecule has 6 rings (SSSR count). The van der Waals surface area contributed by atoms with Crippen LogP contribution in [0.2, 0.25) is 0 Å². The van der Waals surface area contributed by atoms with E-state index in [1.54, 1.807) is 49.9 Å². The minimum absolute atomic E-state index is 0.313. The first-order chi connectivity index (χ1) is 20.7. The van der Waals surface area contributed by atoms with Gasteiger partial charge in [0.05, 0.1) is 54.4 Å². The van der Waals surface area contributed by atoms with E-state index in [4.69, 9.17) is 19.4 Å². The van der Waals surface area contributed by atoms with Gasteiger partial charge < -0.3 is 29.6 Å². The molecule has 1 aromatic carbocycles. The van der Waals surface area contributed by atoms with Crippen LogP contribution in [-0.2, 0) is 16.3 Å². The van der Waals surface area contributed by atoms with Crippen molar-refractivity contribution in [1.29, 1.82) is 0 Å². The van der Waals surface area contributed by atoms with E-state index in [0.717, 1.165) is 35.6 Å². The summed E-state index contributed by atoms with van der Waals surface area (Å²) in [6.45, 7) is 8.11. The molecule has 1 aliphatic heterocycles. The molecule has 0 atom stereocenters. The Bertz CT molecular complexity index is 1850. The summed E-state index contributed by atoms with van der Waals surface area (Å²) in [7, 11) is 0.731. The molecule has 4 aromatic heterocycles. The van der Waals surface area contributed by atoms with Gasteiger partial charge in [-0.15, -0.1) is 0 Å². The Morgan fingerprint density at radius 2 is 1.79 bits per heavy atom. The number of aromatic nitrogens is 7. The molecule has 1 aliphatic rings. The second-order valence-electron chi connectivity index (χ2n) is 10.6. The Balaban J connectivity index is 1.38. The lowest BCUT2D eigenvalue weighted by Crippen LogP contribution is -2.36. The number of ether oxygens (including phenoxy) is 2. The molecule has 222 valence electrons. The van der Waals surface area contributed by atoms with E-state index < -0.39 is 7.14 Å². The molecular weight excluding hydrogens is 567 g/mol. The van der Waals surface area contributed by atoms with Crippen molar-refractivity contribution in [2.45, 2.75) is 6.92 Å². The van der Waals surface area contributed by atoms with Crippen LogP contribution in [-0.4, -0.2) is 81.4 Å². The van der Waals surface area contributed by atoms with Gasteiger partial charge in [-0.25, -0.2) is 9.97 Å². The first-order valence-corrected chi connectivity index (χ1v) is 16.4. The van der Waals surface area contributed by atoms with Gasteiger partial charge in [-0.1, -0.05) is 0 Å². The quantitative estimate of drug-likeness (QED) is 0.247. The number of rotatable bonds is 8. The highest BCUT2D eigenvalue weighted by molar-refractivity contribution is 7.71. The van der Waals surface area contributed by atoms with Gasteiger partial charge in [-0.2, -0.15) is 10.1 Å². The van der Waals surface area contributed by atoms with E-state index in [2.05, 4.69) is 35.6 Å². The highest BCUT2D eigenvalue weighted by atomic mass is 31.2. The van der Waals surface area contributed by atoms with Crippen LogP contribution >= 0.6 is 7.14 Å². The fourth-order valence-electron chi connectivity index (χ4n) is 5.06. The van der Waals surface area contributed by atoms with Crippen molar-refractivity contribution < 1.29 is 14.0 Å². The summed E-state index contributed by atoms with van der Waals surface area (Å²) < 4.78 is 26.5. The molecule has 5 aromatic rings. The van der Waals surface area contributed by atoms with E-state index in [1.807, 2.05) is 38.4 Å². The molecular formula is C29H33N10O3P. The van der Waals surface area contributed by atoms with Crippen LogP contribution in [0.25, 0.3) is 22.3 Å². The molecule has 43 heavy (non-hydrogen) atoms. The van der Waals surface area contributed by atoms with Crippen LogP contribution in [0.1, 0.15) is 5.56 Å². The lowest BCUT2D eigenvalue weighted by Gasteiger charge is -2.30. The summed E-state index contributed by atoms with van der Waals surface area (Å²) >= 11 is 0. The number of anilines is 5. The molecule has 13 nitrogen and oxygen atoms in total. The first kappa shape index (κ1) is 28.5. The van der Waals surface area contributed by atoms with Crippen molar-refractivity contribution in [1.82, 2.24) is 34.7 Å². The summed E-state index contributed by atoms with van der Waals surface area (Å²) in [6, 6.07) is 5.68. The summed E-state index contributed by atoms with van der Waals surface area (Å²) in [5.41, 5.74) is 5.29. The Labute approximate surface area is 249 Å². The Hall–Kier alpha value is -4.61. The van der Waals surface area contributed by atoms with Crippen molar-refractivity contribution in [3.63, 3.8) is 0 Å². The summed E-state index contributed by atoms with van der Waals surface area (Å²) in [6.07, 6.45) is 8.66. The minimum atomic E-state index is -2.75. The predicted octanol–water partition coefficient (Wildman–Crippen LogP) is 4.10. The number of nitrogens with one attached hydrogen (secondary N) is 2. The standard InChI is InChI=1S/C29H33N10O3P/c1-18-15-32-29(36-27(18)34-21-7-6-20-25(31-9-8-30-20)26(21)43(4,5)40)37-28-23(41-3)14-22(39-10-12-42-13-11-39)24(35-28)19-16-33-38(2)17-19/h6-9,14-17H,10-13H2,1-5H3,(H2,32,34,35,36,37). The van der Waals surface area contributed by atoms with Crippen LogP contribution in [0.5, 0.6) is 5.75 Å². The highest BCUT2D eigenvalue weighted by Gasteiger charge is 2.24. The Morgan fingerprint density at radius 3 is 2.51 bits per heavy atom. The van der Waals surface area contributed by atoms with E-state index in [9.17, 15) is 4.57 Å². The molecule has 0 saturated carbocycles. The lowest BCUT2D eigenvalue weighted by atomic mass is 10.1. The molecule has 0 bridgehead atoms. The maximum atomic E-state index is 13.4. The Morgan fingerprint density at radius 1 is 1.00 bits per heavy atom. The second kappa shape index (κ2) is 11.6. The van der Waals surface area contributed by atoms with Gasteiger partial charge in [0.2, 0.25) is 5.95 Å². The van der Waals surface area contributed by atoms with Crippen LogP contribution in [0, 0.1) is 6.92 Å². The average Bonchev–Trinajstić information content (AvgIpc) is 3.44. The normalized spacial score (nSPS) is 13.7. The topological polar surface area (TPSA) is 145 Å². The van der Waals surface area contributed by atoms with Gasteiger partial charge in [0.25, 0.3) is 0 Å². The molecule has 14 heteroatoms. The van der Waals surface area contributed by atoms with Crippen LogP contribution in [0.4, 0.5) is 29.0 Å². The van der Waals surface area contributed by atoms with Gasteiger partial charge in [0.15, 0.2) is 11.6 Å². The number of fused-ring (bicyclic) bond motifs is 1. The van der Waals surface area contributed by atoms with Crippen molar-refractivity contribution in [3.05, 3.63) is 54.7 Å². The maximum absolute atomic E-state index is 13.4. The third-order valence-corrected chi connectivity index (χ3v) is 8.65. The predicted molar refractivity (Wildman–Crippen MR) is 168 cm³/mol. The molecule has 0 radical (unpaired) electrons. The second-order valence-corrected chi connectivity index (χ2v) is 13.8. The third-order valence-electron chi connectivity index (χ3n) is 7.12. The fraction of sp³-hybridized carbons (Fsp3) is 0.310. The molecule has 1 saturated heterocycles. The molecule has 2 N–H and O–H groups in total.